The predicted molar refractivity (Wildman–Crippen MR) is 83.8 cm³/mol. The van der Waals surface area contributed by atoms with Crippen LogP contribution in [0.5, 0.6) is 11.5 Å². The number of nitrogens with zero attached hydrogens (tertiary/aromatic N) is 1. The molecule has 0 heterocycles. The Morgan fingerprint density at radius 3 is 2.65 bits per heavy atom. The maximum absolute atomic E-state index is 12.2. The van der Waals surface area contributed by atoms with Crippen molar-refractivity contribution < 1.29 is 24.5 Å². The number of amides is 1. The van der Waals surface area contributed by atoms with Crippen LogP contribution in [0.25, 0.3) is 0 Å². The lowest BCUT2D eigenvalue weighted by Gasteiger charge is -2.42. The summed E-state index contributed by atoms with van der Waals surface area (Å²) in [5, 5.41) is 21.7. The molecule has 0 bridgehead atoms. The van der Waals surface area contributed by atoms with Crippen LogP contribution in [0.15, 0.2) is 18.2 Å². The third-order valence-electron chi connectivity index (χ3n) is 4.17. The van der Waals surface area contributed by atoms with Gasteiger partial charge in [0.2, 0.25) is 0 Å². The van der Waals surface area contributed by atoms with Gasteiger partial charge in [0.15, 0.2) is 11.5 Å². The van der Waals surface area contributed by atoms with E-state index in [4.69, 9.17) is 9.84 Å². The van der Waals surface area contributed by atoms with Crippen LogP contribution in [-0.2, 0) is 4.79 Å². The number of para-hydroxylation sites is 1. The van der Waals surface area contributed by atoms with Gasteiger partial charge in [0.25, 0.3) is 5.91 Å². The number of carbonyl (C=O) groups excluding carboxylic acids is 1. The molecular weight excluding hydrogens is 300 g/mol. The lowest BCUT2D eigenvalue weighted by Crippen LogP contribution is -2.54. The first kappa shape index (κ1) is 17.1. The van der Waals surface area contributed by atoms with E-state index in [2.05, 4.69) is 5.32 Å². The molecule has 2 rings (SSSR count). The average molecular weight is 322 g/mol. The molecule has 0 saturated heterocycles. The molecule has 0 aliphatic heterocycles. The van der Waals surface area contributed by atoms with Gasteiger partial charge in [0.05, 0.1) is 19.2 Å². The van der Waals surface area contributed by atoms with E-state index in [9.17, 15) is 14.7 Å². The van der Waals surface area contributed by atoms with Gasteiger partial charge in [-0.3, -0.25) is 14.5 Å². The highest BCUT2D eigenvalue weighted by Gasteiger charge is 2.35. The molecule has 0 aromatic heterocycles. The van der Waals surface area contributed by atoms with Crippen LogP contribution < -0.4 is 10.1 Å². The summed E-state index contributed by atoms with van der Waals surface area (Å²) in [4.78, 5) is 24.9. The monoisotopic (exact) mass is 322 g/mol. The number of ether oxygens (including phenoxy) is 1. The van der Waals surface area contributed by atoms with Gasteiger partial charge in [-0.25, -0.2) is 0 Å². The number of carboxylic acid groups (broad SMARTS) is 1. The van der Waals surface area contributed by atoms with E-state index in [-0.39, 0.29) is 41.6 Å². The molecular formula is C16H22N2O5. The molecule has 1 aromatic carbocycles. The van der Waals surface area contributed by atoms with Crippen molar-refractivity contribution in [2.45, 2.75) is 31.8 Å². The van der Waals surface area contributed by atoms with E-state index < -0.39 is 5.97 Å². The summed E-state index contributed by atoms with van der Waals surface area (Å²) >= 11 is 0. The minimum absolute atomic E-state index is 0.0124. The number of aromatic hydroxyl groups is 1. The van der Waals surface area contributed by atoms with Gasteiger partial charge in [0, 0.05) is 12.1 Å². The number of nitrogens with one attached hydrogen (secondary N) is 1. The zero-order valence-corrected chi connectivity index (χ0v) is 13.3. The molecule has 1 aliphatic rings. The van der Waals surface area contributed by atoms with Crippen molar-refractivity contribution in [2.24, 2.45) is 0 Å². The van der Waals surface area contributed by atoms with Crippen LogP contribution in [0.3, 0.4) is 0 Å². The minimum atomic E-state index is -0.847. The normalized spacial score (nSPS) is 20.0. The Kier molecular flexibility index (Phi) is 5.44. The molecule has 1 amide bonds. The van der Waals surface area contributed by atoms with E-state index >= 15 is 0 Å². The van der Waals surface area contributed by atoms with Crippen molar-refractivity contribution in [3.63, 3.8) is 0 Å². The summed E-state index contributed by atoms with van der Waals surface area (Å²) in [6, 6.07) is 4.91. The van der Waals surface area contributed by atoms with Crippen molar-refractivity contribution in [1.29, 1.82) is 0 Å². The van der Waals surface area contributed by atoms with Gasteiger partial charge in [-0.15, -0.1) is 0 Å². The van der Waals surface area contributed by atoms with Crippen LogP contribution in [0.2, 0.25) is 0 Å². The van der Waals surface area contributed by atoms with Crippen LogP contribution in [0, 0.1) is 0 Å². The number of carbonyl (C=O) groups is 2. The molecule has 1 aliphatic carbocycles. The fourth-order valence-corrected chi connectivity index (χ4v) is 2.81. The van der Waals surface area contributed by atoms with Crippen molar-refractivity contribution in [3.8, 4) is 11.5 Å². The summed E-state index contributed by atoms with van der Waals surface area (Å²) < 4.78 is 4.99. The second kappa shape index (κ2) is 7.32. The van der Waals surface area contributed by atoms with Crippen LogP contribution >= 0.6 is 0 Å². The first-order chi connectivity index (χ1) is 11.0. The fraction of sp³-hybridized carbons (Fsp3) is 0.500. The van der Waals surface area contributed by atoms with Crippen molar-refractivity contribution in [3.05, 3.63) is 23.8 Å². The van der Waals surface area contributed by atoms with Crippen LogP contribution in [0.1, 0.15) is 30.1 Å². The smallest absolute Gasteiger partial charge is 0.317 e. The highest BCUT2D eigenvalue weighted by Crippen LogP contribution is 2.30. The number of aliphatic carboxylic acids is 1. The molecule has 0 radical (unpaired) electrons. The van der Waals surface area contributed by atoms with Crippen molar-refractivity contribution >= 4 is 11.9 Å². The molecule has 3 N–H and O–H groups in total. The van der Waals surface area contributed by atoms with Gasteiger partial charge >= 0.3 is 5.97 Å². The first-order valence-corrected chi connectivity index (χ1v) is 7.58. The van der Waals surface area contributed by atoms with Gasteiger partial charge in [-0.2, -0.15) is 0 Å². The molecule has 7 nitrogen and oxygen atoms in total. The Balaban J connectivity index is 1.90. The molecule has 1 aromatic rings. The number of phenols is 1. The number of hydrogen-bond acceptors (Lipinski definition) is 5. The second-order valence-electron chi connectivity index (χ2n) is 5.61. The molecule has 0 spiro atoms. The third kappa shape index (κ3) is 3.92. The van der Waals surface area contributed by atoms with Crippen LogP contribution in [0.4, 0.5) is 0 Å². The Morgan fingerprint density at radius 1 is 1.39 bits per heavy atom. The van der Waals surface area contributed by atoms with E-state index in [1.807, 2.05) is 11.8 Å². The highest BCUT2D eigenvalue weighted by molar-refractivity contribution is 5.97. The number of hydrogen-bond donors (Lipinski definition) is 3. The van der Waals surface area contributed by atoms with Gasteiger partial charge in [0.1, 0.15) is 0 Å². The Morgan fingerprint density at radius 2 is 2.09 bits per heavy atom. The summed E-state index contributed by atoms with van der Waals surface area (Å²) in [5.41, 5.74) is 0.172. The molecule has 23 heavy (non-hydrogen) atoms. The van der Waals surface area contributed by atoms with E-state index in [0.717, 1.165) is 0 Å². The van der Waals surface area contributed by atoms with Gasteiger partial charge < -0.3 is 20.3 Å². The number of carboxylic acids is 1. The van der Waals surface area contributed by atoms with E-state index in [0.29, 0.717) is 19.4 Å². The molecule has 0 unspecified atom stereocenters. The SMILES string of the molecule is CCN(CC(=O)O)C1CC(NC(=O)c2cccc(OC)c2O)C1. The standard InChI is InChI=1S/C16H22N2O5/c1-3-18(9-14(19)20)11-7-10(8-11)17-16(22)12-5-4-6-13(23-2)15(12)21/h4-6,10-11,21H,3,7-9H2,1-2H3,(H,17,22)(H,19,20). The van der Waals surface area contributed by atoms with E-state index in [1.165, 1.54) is 13.2 Å². The fourth-order valence-electron chi connectivity index (χ4n) is 2.81. The Labute approximate surface area is 134 Å². The van der Waals surface area contributed by atoms with Crippen molar-refractivity contribution in [2.75, 3.05) is 20.2 Å². The Bertz CT molecular complexity index is 584. The summed E-state index contributed by atoms with van der Waals surface area (Å²) in [7, 11) is 1.43. The molecule has 126 valence electrons. The largest absolute Gasteiger partial charge is 0.504 e. The van der Waals surface area contributed by atoms with Crippen LogP contribution in [-0.4, -0.2) is 59.3 Å². The first-order valence-electron chi connectivity index (χ1n) is 7.58. The minimum Gasteiger partial charge on any atom is -0.504 e. The second-order valence-corrected chi connectivity index (χ2v) is 5.61. The summed E-state index contributed by atoms with van der Waals surface area (Å²) in [5.74, 6) is -1.13. The topological polar surface area (TPSA) is 99.1 Å². The third-order valence-corrected chi connectivity index (χ3v) is 4.17. The summed E-state index contributed by atoms with van der Waals surface area (Å²) in [6.45, 7) is 2.59. The lowest BCUT2D eigenvalue weighted by atomic mass is 9.85. The zero-order valence-electron chi connectivity index (χ0n) is 13.3. The highest BCUT2D eigenvalue weighted by atomic mass is 16.5. The van der Waals surface area contributed by atoms with Gasteiger partial charge in [-0.05, 0) is 31.5 Å². The number of likely N-dealkylation sites (N-methyl/N-ethyl adjacent to an activating group) is 1. The molecule has 1 fully saturated rings. The maximum atomic E-state index is 12.2. The molecule has 1 saturated carbocycles. The maximum Gasteiger partial charge on any atom is 0.317 e. The zero-order chi connectivity index (χ0) is 17.0. The molecule has 0 atom stereocenters. The van der Waals surface area contributed by atoms with Gasteiger partial charge in [-0.1, -0.05) is 13.0 Å². The number of methoxy groups -OCH3 is 1. The lowest BCUT2D eigenvalue weighted by molar-refractivity contribution is -0.139. The van der Waals surface area contributed by atoms with Crippen molar-refractivity contribution in [1.82, 2.24) is 10.2 Å². The number of benzene rings is 1. The summed E-state index contributed by atoms with van der Waals surface area (Å²) in [6.07, 6.45) is 1.41. The quantitative estimate of drug-likeness (QED) is 0.694. The number of phenolic OH excluding ortho intramolecular Hbond substituents is 1. The average Bonchev–Trinajstić information content (AvgIpc) is 2.48. The number of rotatable bonds is 7. The predicted octanol–water partition coefficient (Wildman–Crippen LogP) is 1.07. The Hall–Kier alpha value is -2.28. The van der Waals surface area contributed by atoms with E-state index in [1.54, 1.807) is 12.1 Å². The molecule has 7 heteroatoms.